The molecule has 2 fully saturated rings. The van der Waals surface area contributed by atoms with Crippen LogP contribution in [0.4, 0.5) is 4.39 Å². The highest BCUT2D eigenvalue weighted by Gasteiger charge is 2.35. The predicted octanol–water partition coefficient (Wildman–Crippen LogP) is 4.67. The first-order valence-electron chi connectivity index (χ1n) is 9.72. The number of hydrogen-bond acceptors (Lipinski definition) is 2. The standard InChI is InChI=1S/C22H25FN2O/c23-19-11-4-3-9-17(19)15-18-10-5-12-20(24-18)21-13-6-14-25(21)22(26)16-7-1-2-8-16/h3-5,9-12,16,21H,1-2,6-8,13-15H2. The number of aromatic nitrogens is 1. The van der Waals surface area contributed by atoms with Crippen LogP contribution in [0.25, 0.3) is 0 Å². The Balaban J connectivity index is 1.53. The quantitative estimate of drug-likeness (QED) is 0.801. The highest BCUT2D eigenvalue weighted by atomic mass is 19.1. The fourth-order valence-corrected chi connectivity index (χ4v) is 4.36. The van der Waals surface area contributed by atoms with Crippen molar-refractivity contribution < 1.29 is 9.18 Å². The molecule has 1 aliphatic carbocycles. The van der Waals surface area contributed by atoms with Gasteiger partial charge in [-0.3, -0.25) is 9.78 Å². The number of nitrogens with zero attached hydrogens (tertiary/aromatic N) is 2. The van der Waals surface area contributed by atoms with E-state index in [0.717, 1.165) is 43.6 Å². The van der Waals surface area contributed by atoms with Crippen molar-refractivity contribution in [2.45, 2.75) is 51.0 Å². The minimum absolute atomic E-state index is 0.0728. The molecule has 0 spiro atoms. The van der Waals surface area contributed by atoms with E-state index in [1.54, 1.807) is 12.1 Å². The Kier molecular flexibility index (Phi) is 5.00. The van der Waals surface area contributed by atoms with Gasteiger partial charge in [-0.25, -0.2) is 4.39 Å². The Morgan fingerprint density at radius 3 is 2.65 bits per heavy atom. The van der Waals surface area contributed by atoms with E-state index >= 15 is 0 Å². The zero-order valence-corrected chi connectivity index (χ0v) is 15.0. The van der Waals surface area contributed by atoms with Crippen LogP contribution in [0, 0.1) is 11.7 Å². The highest BCUT2D eigenvalue weighted by molar-refractivity contribution is 5.79. The van der Waals surface area contributed by atoms with Crippen molar-refractivity contribution in [1.82, 2.24) is 9.88 Å². The number of carbonyl (C=O) groups is 1. The Morgan fingerprint density at radius 1 is 1.04 bits per heavy atom. The molecular formula is C22H25FN2O. The van der Waals surface area contributed by atoms with E-state index in [4.69, 9.17) is 4.98 Å². The minimum Gasteiger partial charge on any atom is -0.334 e. The molecule has 4 heteroatoms. The predicted molar refractivity (Wildman–Crippen MR) is 99.1 cm³/mol. The number of pyridine rings is 1. The Bertz CT molecular complexity index is 785. The third-order valence-corrected chi connectivity index (χ3v) is 5.74. The first-order chi connectivity index (χ1) is 12.7. The largest absolute Gasteiger partial charge is 0.334 e. The van der Waals surface area contributed by atoms with E-state index in [1.807, 2.05) is 29.2 Å². The van der Waals surface area contributed by atoms with E-state index in [2.05, 4.69) is 0 Å². The van der Waals surface area contributed by atoms with Gasteiger partial charge < -0.3 is 4.90 Å². The van der Waals surface area contributed by atoms with Gasteiger partial charge in [-0.2, -0.15) is 0 Å². The monoisotopic (exact) mass is 352 g/mol. The summed E-state index contributed by atoms with van der Waals surface area (Å²) in [4.78, 5) is 19.7. The molecule has 1 aromatic heterocycles. The molecule has 2 heterocycles. The molecule has 3 nitrogen and oxygen atoms in total. The molecule has 1 amide bonds. The number of halogens is 1. The van der Waals surface area contributed by atoms with Gasteiger partial charge in [0.15, 0.2) is 0 Å². The maximum atomic E-state index is 13.9. The van der Waals surface area contributed by atoms with Gasteiger partial charge in [-0.05, 0) is 49.4 Å². The Labute approximate surface area is 154 Å². The molecule has 1 atom stereocenters. The lowest BCUT2D eigenvalue weighted by atomic mass is 10.0. The van der Waals surface area contributed by atoms with Crippen LogP contribution in [0.15, 0.2) is 42.5 Å². The second-order valence-corrected chi connectivity index (χ2v) is 7.49. The molecule has 26 heavy (non-hydrogen) atoms. The van der Waals surface area contributed by atoms with Crippen molar-refractivity contribution in [3.05, 3.63) is 65.2 Å². The van der Waals surface area contributed by atoms with E-state index in [9.17, 15) is 9.18 Å². The lowest BCUT2D eigenvalue weighted by Gasteiger charge is -2.27. The number of amides is 1. The number of carbonyl (C=O) groups excluding carboxylic acids is 1. The van der Waals surface area contributed by atoms with Crippen LogP contribution in [0.3, 0.4) is 0 Å². The summed E-state index contributed by atoms with van der Waals surface area (Å²) in [6.07, 6.45) is 6.88. The topological polar surface area (TPSA) is 33.2 Å². The summed E-state index contributed by atoms with van der Waals surface area (Å²) in [6, 6.07) is 12.8. The van der Waals surface area contributed by atoms with E-state index < -0.39 is 0 Å². The van der Waals surface area contributed by atoms with Gasteiger partial charge in [0.1, 0.15) is 5.82 Å². The Morgan fingerprint density at radius 2 is 1.85 bits per heavy atom. The molecule has 2 aromatic rings. The van der Waals surface area contributed by atoms with Crippen LogP contribution >= 0.6 is 0 Å². The van der Waals surface area contributed by atoms with Crippen LogP contribution < -0.4 is 0 Å². The SMILES string of the molecule is O=C(C1CCCC1)N1CCCC1c1cccc(Cc2ccccc2F)n1. The molecule has 4 rings (SSSR count). The minimum atomic E-state index is -0.196. The van der Waals surface area contributed by atoms with Crippen molar-refractivity contribution in [1.29, 1.82) is 0 Å². The van der Waals surface area contributed by atoms with Gasteiger partial charge in [0.25, 0.3) is 0 Å². The van der Waals surface area contributed by atoms with E-state index in [-0.39, 0.29) is 17.8 Å². The van der Waals surface area contributed by atoms with Crippen LogP contribution in [-0.2, 0) is 11.2 Å². The smallest absolute Gasteiger partial charge is 0.226 e. The molecule has 1 aliphatic heterocycles. The number of rotatable bonds is 4. The van der Waals surface area contributed by atoms with E-state index in [1.165, 1.54) is 18.9 Å². The molecule has 2 aliphatic rings. The molecule has 1 aromatic carbocycles. The molecule has 1 saturated carbocycles. The fraction of sp³-hybridized carbons (Fsp3) is 0.455. The number of likely N-dealkylation sites (tertiary alicyclic amines) is 1. The second-order valence-electron chi connectivity index (χ2n) is 7.49. The van der Waals surface area contributed by atoms with Crippen LogP contribution in [0.2, 0.25) is 0 Å². The van der Waals surface area contributed by atoms with Gasteiger partial charge in [0.2, 0.25) is 5.91 Å². The molecule has 136 valence electrons. The summed E-state index contributed by atoms with van der Waals surface area (Å²) in [5.41, 5.74) is 2.46. The zero-order valence-electron chi connectivity index (χ0n) is 15.0. The second kappa shape index (κ2) is 7.56. The number of hydrogen-bond donors (Lipinski definition) is 0. The third kappa shape index (κ3) is 3.50. The molecular weight excluding hydrogens is 327 g/mol. The van der Waals surface area contributed by atoms with Crippen LogP contribution in [0.5, 0.6) is 0 Å². The Hall–Kier alpha value is -2.23. The summed E-state index contributed by atoms with van der Waals surface area (Å²) in [6.45, 7) is 0.833. The number of benzene rings is 1. The molecule has 1 unspecified atom stereocenters. The zero-order chi connectivity index (χ0) is 17.9. The summed E-state index contributed by atoms with van der Waals surface area (Å²) < 4.78 is 13.9. The molecule has 0 radical (unpaired) electrons. The van der Waals surface area contributed by atoms with Gasteiger partial charge in [-0.15, -0.1) is 0 Å². The molecule has 0 N–H and O–H groups in total. The van der Waals surface area contributed by atoms with Crippen molar-refractivity contribution in [3.63, 3.8) is 0 Å². The lowest BCUT2D eigenvalue weighted by Crippen LogP contribution is -2.35. The van der Waals surface area contributed by atoms with Crippen LogP contribution in [-0.4, -0.2) is 22.3 Å². The average molecular weight is 352 g/mol. The maximum Gasteiger partial charge on any atom is 0.226 e. The first kappa shape index (κ1) is 17.2. The van der Waals surface area contributed by atoms with Crippen LogP contribution in [0.1, 0.15) is 61.5 Å². The highest BCUT2D eigenvalue weighted by Crippen LogP contribution is 2.35. The van der Waals surface area contributed by atoms with Gasteiger partial charge in [-0.1, -0.05) is 37.1 Å². The summed E-state index contributed by atoms with van der Waals surface area (Å²) in [5, 5.41) is 0. The summed E-state index contributed by atoms with van der Waals surface area (Å²) in [7, 11) is 0. The maximum absolute atomic E-state index is 13.9. The van der Waals surface area contributed by atoms with Gasteiger partial charge >= 0.3 is 0 Å². The molecule has 0 bridgehead atoms. The first-order valence-corrected chi connectivity index (χ1v) is 9.72. The average Bonchev–Trinajstić information content (AvgIpc) is 3.35. The van der Waals surface area contributed by atoms with Crippen molar-refractivity contribution in [2.24, 2.45) is 5.92 Å². The molecule has 1 saturated heterocycles. The van der Waals surface area contributed by atoms with Gasteiger partial charge in [0, 0.05) is 24.6 Å². The van der Waals surface area contributed by atoms with E-state index in [0.29, 0.717) is 17.9 Å². The summed E-state index contributed by atoms with van der Waals surface area (Å²) in [5.74, 6) is 0.321. The van der Waals surface area contributed by atoms with Crippen molar-refractivity contribution in [3.8, 4) is 0 Å². The normalized spacial score (nSPS) is 20.7. The van der Waals surface area contributed by atoms with Gasteiger partial charge in [0.05, 0.1) is 11.7 Å². The van der Waals surface area contributed by atoms with Crippen molar-refractivity contribution in [2.75, 3.05) is 6.54 Å². The fourth-order valence-electron chi connectivity index (χ4n) is 4.36. The lowest BCUT2D eigenvalue weighted by molar-refractivity contribution is -0.136. The third-order valence-electron chi connectivity index (χ3n) is 5.74. The summed E-state index contributed by atoms with van der Waals surface area (Å²) >= 11 is 0. The van der Waals surface area contributed by atoms with Crippen molar-refractivity contribution >= 4 is 5.91 Å².